The molecule has 1 aliphatic rings. The van der Waals surface area contributed by atoms with Gasteiger partial charge in [-0.3, -0.25) is 0 Å². The summed E-state index contributed by atoms with van der Waals surface area (Å²) in [5.41, 5.74) is 10.0. The summed E-state index contributed by atoms with van der Waals surface area (Å²) >= 11 is 0. The molecule has 0 saturated carbocycles. The molecular weight excluding hydrogens is 609 g/mol. The van der Waals surface area contributed by atoms with Gasteiger partial charge in [-0.15, -0.1) is 0 Å². The maximum absolute atomic E-state index is 6.32. The van der Waals surface area contributed by atoms with Crippen molar-refractivity contribution < 1.29 is 4.42 Å². The van der Waals surface area contributed by atoms with Gasteiger partial charge in [-0.2, -0.15) is 0 Å². The van der Waals surface area contributed by atoms with E-state index in [0.29, 0.717) is 6.54 Å². The molecule has 0 aliphatic carbocycles. The number of benzene rings is 8. The third-order valence-electron chi connectivity index (χ3n) is 10.1. The molecule has 2 heterocycles. The Morgan fingerprint density at radius 1 is 0.480 bits per heavy atom. The lowest BCUT2D eigenvalue weighted by Crippen LogP contribution is -2.20. The lowest BCUT2D eigenvalue weighted by atomic mass is 9.90. The van der Waals surface area contributed by atoms with E-state index in [0.717, 1.165) is 39.5 Å². The first kappa shape index (κ1) is 28.4. The van der Waals surface area contributed by atoms with Crippen LogP contribution in [0.4, 0.5) is 17.3 Å². The van der Waals surface area contributed by atoms with Gasteiger partial charge in [0.2, 0.25) is 5.88 Å². The Kier molecular flexibility index (Phi) is 6.56. The van der Waals surface area contributed by atoms with Crippen LogP contribution in [-0.4, -0.2) is 6.54 Å². The van der Waals surface area contributed by atoms with Crippen molar-refractivity contribution in [2.45, 2.75) is 0 Å². The van der Waals surface area contributed by atoms with Gasteiger partial charge in [0.1, 0.15) is 5.58 Å². The highest BCUT2D eigenvalue weighted by molar-refractivity contribution is 6.23. The van der Waals surface area contributed by atoms with Crippen LogP contribution in [0.15, 0.2) is 180 Å². The Morgan fingerprint density at radius 2 is 1.08 bits per heavy atom. The molecule has 0 atom stereocenters. The van der Waals surface area contributed by atoms with Gasteiger partial charge < -0.3 is 14.6 Å². The molecule has 1 aliphatic heterocycles. The van der Waals surface area contributed by atoms with E-state index >= 15 is 0 Å². The van der Waals surface area contributed by atoms with Crippen LogP contribution in [0.1, 0.15) is 5.56 Å². The smallest absolute Gasteiger partial charge is 0.203 e. The first-order valence-electron chi connectivity index (χ1n) is 17.2. The molecular formula is C47H32N2O. The highest BCUT2D eigenvalue weighted by Crippen LogP contribution is 2.45. The molecule has 0 spiro atoms. The van der Waals surface area contributed by atoms with Gasteiger partial charge in [-0.25, -0.2) is 0 Å². The fraction of sp³-hybridized carbons (Fsp3) is 0.0213. The number of hydrogen-bond donors (Lipinski definition) is 1. The van der Waals surface area contributed by atoms with Gasteiger partial charge >= 0.3 is 0 Å². The lowest BCUT2D eigenvalue weighted by molar-refractivity contribution is 0.627. The largest absolute Gasteiger partial charge is 0.440 e. The summed E-state index contributed by atoms with van der Waals surface area (Å²) in [6, 6.07) is 61.1. The number of hydrogen-bond acceptors (Lipinski definition) is 3. The highest BCUT2D eigenvalue weighted by atomic mass is 16.3. The summed E-state index contributed by atoms with van der Waals surface area (Å²) in [5.74, 6) is 0.807. The molecule has 236 valence electrons. The molecule has 3 heteroatoms. The van der Waals surface area contributed by atoms with E-state index in [2.05, 4.69) is 174 Å². The fourth-order valence-corrected chi connectivity index (χ4v) is 7.74. The van der Waals surface area contributed by atoms with Crippen LogP contribution in [0.25, 0.3) is 71.2 Å². The SMILES string of the molecule is C1=C(N(c2ccc(-c3ccccc3)cc2)c2ccc(-c3cc4ccc5ccccc5c4c4ccccc34)cc2)c2c(oc3ccccc23)NC1. The van der Waals surface area contributed by atoms with Crippen LogP contribution in [0, 0.1) is 0 Å². The molecule has 0 bridgehead atoms. The molecule has 8 aromatic carbocycles. The van der Waals surface area contributed by atoms with Gasteiger partial charge in [0.15, 0.2) is 0 Å². The predicted molar refractivity (Wildman–Crippen MR) is 211 cm³/mol. The summed E-state index contributed by atoms with van der Waals surface area (Å²) in [6.07, 6.45) is 2.27. The molecule has 9 aromatic rings. The minimum absolute atomic E-state index is 0.677. The van der Waals surface area contributed by atoms with Crippen LogP contribution < -0.4 is 10.2 Å². The fourth-order valence-electron chi connectivity index (χ4n) is 7.74. The molecule has 0 fully saturated rings. The second kappa shape index (κ2) is 11.5. The van der Waals surface area contributed by atoms with E-state index in [1.165, 1.54) is 54.6 Å². The molecule has 0 saturated heterocycles. The standard InChI is InChI=1S/C47H32N2O/c1-2-10-31(11-3-1)32-20-24-36(25-21-32)49(43-28-29-48-47-46(43)41-16-8-9-17-44(41)50-47)37-26-22-34(23-27-37)42-30-35-19-18-33-12-4-5-13-38(33)45(35)40-15-7-6-14-39(40)42/h1-28,30,48H,29H2. The Bertz CT molecular complexity index is 2740. The maximum Gasteiger partial charge on any atom is 0.203 e. The third-order valence-corrected chi connectivity index (χ3v) is 10.1. The van der Waals surface area contributed by atoms with E-state index in [-0.39, 0.29) is 0 Å². The number of nitrogens with one attached hydrogen (secondary N) is 1. The van der Waals surface area contributed by atoms with Crippen molar-refractivity contribution in [3.05, 3.63) is 181 Å². The van der Waals surface area contributed by atoms with E-state index in [4.69, 9.17) is 4.42 Å². The lowest BCUT2D eigenvalue weighted by Gasteiger charge is -2.30. The second-order valence-electron chi connectivity index (χ2n) is 12.9. The number of furan rings is 1. The van der Waals surface area contributed by atoms with E-state index < -0.39 is 0 Å². The van der Waals surface area contributed by atoms with Crippen molar-refractivity contribution in [2.75, 3.05) is 16.8 Å². The van der Waals surface area contributed by atoms with Gasteiger partial charge in [0.05, 0.1) is 11.3 Å². The molecule has 50 heavy (non-hydrogen) atoms. The van der Waals surface area contributed by atoms with Gasteiger partial charge in [0, 0.05) is 23.3 Å². The summed E-state index contributed by atoms with van der Waals surface area (Å²) in [7, 11) is 0. The van der Waals surface area contributed by atoms with Crippen LogP contribution in [0.5, 0.6) is 0 Å². The van der Waals surface area contributed by atoms with Crippen molar-refractivity contribution >= 4 is 66.2 Å². The van der Waals surface area contributed by atoms with E-state index in [9.17, 15) is 0 Å². The molecule has 0 radical (unpaired) electrons. The second-order valence-corrected chi connectivity index (χ2v) is 12.9. The Morgan fingerprint density at radius 3 is 1.86 bits per heavy atom. The van der Waals surface area contributed by atoms with Crippen molar-refractivity contribution in [3.8, 4) is 22.3 Å². The number of fused-ring (bicyclic) bond motifs is 8. The normalized spacial score (nSPS) is 12.6. The van der Waals surface area contributed by atoms with Crippen molar-refractivity contribution in [2.24, 2.45) is 0 Å². The minimum Gasteiger partial charge on any atom is -0.440 e. The summed E-state index contributed by atoms with van der Waals surface area (Å²) in [6.45, 7) is 0.677. The van der Waals surface area contributed by atoms with Crippen LogP contribution >= 0.6 is 0 Å². The number of rotatable bonds is 5. The molecule has 0 unspecified atom stereocenters. The van der Waals surface area contributed by atoms with Crippen LogP contribution in [0.3, 0.4) is 0 Å². The predicted octanol–water partition coefficient (Wildman–Crippen LogP) is 12.8. The van der Waals surface area contributed by atoms with Crippen molar-refractivity contribution in [1.82, 2.24) is 0 Å². The molecule has 3 nitrogen and oxygen atoms in total. The first-order valence-corrected chi connectivity index (χ1v) is 17.2. The first-order chi connectivity index (χ1) is 24.8. The summed E-state index contributed by atoms with van der Waals surface area (Å²) in [5, 5.41) is 12.2. The average Bonchev–Trinajstić information content (AvgIpc) is 3.58. The average molecular weight is 641 g/mol. The van der Waals surface area contributed by atoms with Crippen molar-refractivity contribution in [3.63, 3.8) is 0 Å². The van der Waals surface area contributed by atoms with Crippen LogP contribution in [0.2, 0.25) is 0 Å². The molecule has 1 aromatic heterocycles. The molecule has 1 N–H and O–H groups in total. The monoisotopic (exact) mass is 640 g/mol. The summed E-state index contributed by atoms with van der Waals surface area (Å²) in [4.78, 5) is 2.37. The number of nitrogens with zero attached hydrogens (tertiary/aromatic N) is 1. The minimum atomic E-state index is 0.677. The zero-order chi connectivity index (χ0) is 33.0. The van der Waals surface area contributed by atoms with E-state index in [1.54, 1.807) is 0 Å². The van der Waals surface area contributed by atoms with Gasteiger partial charge in [-0.1, -0.05) is 133 Å². The Labute approximate surface area is 290 Å². The Balaban J connectivity index is 1.12. The quantitative estimate of drug-likeness (QED) is 0.190. The Hall–Kier alpha value is -6.58. The topological polar surface area (TPSA) is 28.4 Å². The van der Waals surface area contributed by atoms with Crippen molar-refractivity contribution in [1.29, 1.82) is 0 Å². The molecule has 10 rings (SSSR count). The number of para-hydroxylation sites is 1. The molecule has 0 amide bonds. The summed E-state index contributed by atoms with van der Waals surface area (Å²) < 4.78 is 6.32. The third kappa shape index (κ3) is 4.59. The number of anilines is 3. The highest BCUT2D eigenvalue weighted by Gasteiger charge is 2.27. The van der Waals surface area contributed by atoms with Gasteiger partial charge in [-0.05, 0) is 97.0 Å². The zero-order valence-electron chi connectivity index (χ0n) is 27.3. The van der Waals surface area contributed by atoms with Crippen LogP contribution in [-0.2, 0) is 0 Å². The maximum atomic E-state index is 6.32. The van der Waals surface area contributed by atoms with Gasteiger partial charge in [0.25, 0.3) is 0 Å². The van der Waals surface area contributed by atoms with E-state index in [1.807, 2.05) is 12.1 Å². The zero-order valence-corrected chi connectivity index (χ0v) is 27.3.